The molecule has 0 radical (unpaired) electrons. The van der Waals surface area contributed by atoms with Crippen molar-refractivity contribution in [3.05, 3.63) is 27.3 Å². The number of piperazine rings is 1. The second kappa shape index (κ2) is 7.42. The van der Waals surface area contributed by atoms with Crippen molar-refractivity contribution in [1.82, 2.24) is 14.7 Å². The molecular formula is C15H22IN3O2. The Morgan fingerprint density at radius 1 is 1.29 bits per heavy atom. The van der Waals surface area contributed by atoms with Gasteiger partial charge in [0.15, 0.2) is 0 Å². The first kappa shape index (κ1) is 16.5. The summed E-state index contributed by atoms with van der Waals surface area (Å²) in [5.41, 5.74) is 0.564. The predicted octanol–water partition coefficient (Wildman–Crippen LogP) is 1.32. The fourth-order valence-electron chi connectivity index (χ4n) is 2.34. The van der Waals surface area contributed by atoms with E-state index in [0.717, 1.165) is 42.8 Å². The molecule has 0 saturated carbocycles. The summed E-state index contributed by atoms with van der Waals surface area (Å²) < 4.78 is 0.762. The van der Waals surface area contributed by atoms with Gasteiger partial charge >= 0.3 is 0 Å². The Bertz CT molecular complexity index is 500. The minimum Gasteiger partial charge on any atom is -0.507 e. The van der Waals surface area contributed by atoms with Crippen LogP contribution in [0.2, 0.25) is 0 Å². The van der Waals surface area contributed by atoms with Gasteiger partial charge in [-0.1, -0.05) is 0 Å². The zero-order chi connectivity index (χ0) is 15.4. The molecule has 5 nitrogen and oxygen atoms in total. The molecule has 0 aromatic heterocycles. The third-order valence-electron chi connectivity index (χ3n) is 3.72. The number of aromatic hydroxyl groups is 1. The number of nitrogens with zero attached hydrogens (tertiary/aromatic N) is 3. The van der Waals surface area contributed by atoms with Crippen molar-refractivity contribution in [1.29, 1.82) is 0 Å². The number of hydrogen-bond acceptors (Lipinski definition) is 4. The van der Waals surface area contributed by atoms with Crippen molar-refractivity contribution < 1.29 is 9.90 Å². The van der Waals surface area contributed by atoms with Crippen LogP contribution in [0.1, 0.15) is 10.4 Å². The minimum atomic E-state index is 0.00830. The maximum Gasteiger partial charge on any atom is 0.254 e. The van der Waals surface area contributed by atoms with E-state index in [1.54, 1.807) is 18.2 Å². The lowest BCUT2D eigenvalue weighted by Crippen LogP contribution is -2.49. The van der Waals surface area contributed by atoms with Crippen LogP contribution in [-0.2, 0) is 0 Å². The molecule has 0 unspecified atom stereocenters. The van der Waals surface area contributed by atoms with E-state index in [4.69, 9.17) is 0 Å². The Kier molecular flexibility index (Phi) is 5.83. The Hall–Kier alpha value is -0.860. The standard InChI is InChI=1S/C15H22IN3O2/c1-17(2)5-6-18-7-9-19(10-8-18)15(21)12-3-4-13(16)14(20)11-12/h3-4,11,20H,5-10H2,1-2H3. The molecule has 0 aliphatic carbocycles. The van der Waals surface area contributed by atoms with Crippen LogP contribution in [0.15, 0.2) is 18.2 Å². The van der Waals surface area contributed by atoms with E-state index in [9.17, 15) is 9.90 Å². The lowest BCUT2D eigenvalue weighted by Gasteiger charge is -2.35. The van der Waals surface area contributed by atoms with Crippen molar-refractivity contribution in [2.24, 2.45) is 0 Å². The van der Waals surface area contributed by atoms with E-state index in [-0.39, 0.29) is 11.7 Å². The number of carbonyl (C=O) groups is 1. The number of benzene rings is 1. The number of halogens is 1. The van der Waals surface area contributed by atoms with Crippen molar-refractivity contribution in [3.63, 3.8) is 0 Å². The summed E-state index contributed by atoms with van der Waals surface area (Å²) >= 11 is 2.05. The molecule has 0 atom stereocenters. The third kappa shape index (κ3) is 4.55. The van der Waals surface area contributed by atoms with Gasteiger partial charge in [0.1, 0.15) is 5.75 Å². The van der Waals surface area contributed by atoms with Crippen LogP contribution in [0.4, 0.5) is 0 Å². The van der Waals surface area contributed by atoms with Crippen molar-refractivity contribution in [3.8, 4) is 5.75 Å². The first-order chi connectivity index (χ1) is 9.97. The molecule has 116 valence electrons. The van der Waals surface area contributed by atoms with Crippen LogP contribution in [0, 0.1) is 3.57 Å². The normalized spacial score (nSPS) is 16.5. The summed E-state index contributed by atoms with van der Waals surface area (Å²) in [6, 6.07) is 5.11. The highest BCUT2D eigenvalue weighted by Gasteiger charge is 2.22. The van der Waals surface area contributed by atoms with E-state index >= 15 is 0 Å². The van der Waals surface area contributed by atoms with Gasteiger partial charge in [-0.15, -0.1) is 0 Å². The Balaban J connectivity index is 1.89. The van der Waals surface area contributed by atoms with E-state index in [1.807, 2.05) is 4.90 Å². The average Bonchev–Trinajstić information content (AvgIpc) is 2.48. The number of phenolic OH excluding ortho intramolecular Hbond substituents is 1. The third-order valence-corrected chi connectivity index (χ3v) is 4.63. The molecule has 1 aliphatic rings. The maximum absolute atomic E-state index is 12.4. The summed E-state index contributed by atoms with van der Waals surface area (Å²) in [6.07, 6.45) is 0. The summed E-state index contributed by atoms with van der Waals surface area (Å²) in [5, 5.41) is 9.72. The van der Waals surface area contributed by atoms with E-state index in [2.05, 4.69) is 46.5 Å². The lowest BCUT2D eigenvalue weighted by molar-refractivity contribution is 0.0629. The summed E-state index contributed by atoms with van der Waals surface area (Å²) in [7, 11) is 4.14. The van der Waals surface area contributed by atoms with Crippen molar-refractivity contribution in [2.75, 3.05) is 53.4 Å². The molecule has 0 spiro atoms. The monoisotopic (exact) mass is 403 g/mol. The minimum absolute atomic E-state index is 0.00830. The molecule has 2 rings (SSSR count). The predicted molar refractivity (Wildman–Crippen MR) is 91.7 cm³/mol. The van der Waals surface area contributed by atoms with Crippen LogP contribution in [0.25, 0.3) is 0 Å². The first-order valence-corrected chi connectivity index (χ1v) is 8.20. The van der Waals surface area contributed by atoms with E-state index in [0.29, 0.717) is 5.56 Å². The number of likely N-dealkylation sites (N-methyl/N-ethyl adjacent to an activating group) is 1. The smallest absolute Gasteiger partial charge is 0.254 e. The van der Waals surface area contributed by atoms with E-state index in [1.165, 1.54) is 0 Å². The van der Waals surface area contributed by atoms with E-state index < -0.39 is 0 Å². The quantitative estimate of drug-likeness (QED) is 0.771. The largest absolute Gasteiger partial charge is 0.507 e. The van der Waals surface area contributed by atoms with Gasteiger partial charge < -0.3 is 14.9 Å². The topological polar surface area (TPSA) is 47.0 Å². The van der Waals surface area contributed by atoms with Gasteiger partial charge in [0, 0.05) is 44.8 Å². The molecule has 1 N–H and O–H groups in total. The second-order valence-corrected chi connectivity index (χ2v) is 6.77. The Morgan fingerprint density at radius 2 is 1.95 bits per heavy atom. The van der Waals surface area contributed by atoms with Gasteiger partial charge in [0.2, 0.25) is 0 Å². The zero-order valence-corrected chi connectivity index (χ0v) is 14.7. The summed E-state index contributed by atoms with van der Waals surface area (Å²) in [6.45, 7) is 5.40. The van der Waals surface area contributed by atoms with Crippen molar-refractivity contribution in [2.45, 2.75) is 0 Å². The van der Waals surface area contributed by atoms with Gasteiger partial charge in [-0.3, -0.25) is 9.69 Å². The Morgan fingerprint density at radius 3 is 2.52 bits per heavy atom. The number of carbonyl (C=O) groups excluding carboxylic acids is 1. The van der Waals surface area contributed by atoms with Crippen LogP contribution in [-0.4, -0.2) is 79.1 Å². The summed E-state index contributed by atoms with van der Waals surface area (Å²) in [4.78, 5) is 18.8. The number of hydrogen-bond donors (Lipinski definition) is 1. The zero-order valence-electron chi connectivity index (χ0n) is 12.5. The number of amides is 1. The van der Waals surface area contributed by atoms with Gasteiger partial charge in [0.25, 0.3) is 5.91 Å². The van der Waals surface area contributed by atoms with Gasteiger partial charge in [-0.25, -0.2) is 0 Å². The number of phenols is 1. The molecule has 1 amide bonds. The fourth-order valence-corrected chi connectivity index (χ4v) is 2.68. The molecular weight excluding hydrogens is 381 g/mol. The molecule has 1 aromatic carbocycles. The molecule has 1 aromatic rings. The van der Waals surface area contributed by atoms with Gasteiger partial charge in [0.05, 0.1) is 3.57 Å². The fraction of sp³-hybridized carbons (Fsp3) is 0.533. The molecule has 21 heavy (non-hydrogen) atoms. The highest BCUT2D eigenvalue weighted by molar-refractivity contribution is 14.1. The molecule has 6 heteroatoms. The van der Waals surface area contributed by atoms with Crippen LogP contribution < -0.4 is 0 Å². The molecule has 1 fully saturated rings. The molecule has 1 aliphatic heterocycles. The molecule has 0 bridgehead atoms. The maximum atomic E-state index is 12.4. The highest BCUT2D eigenvalue weighted by atomic mass is 127. The Labute approximate surface area is 139 Å². The molecule has 1 saturated heterocycles. The van der Waals surface area contributed by atoms with Crippen LogP contribution in [0.3, 0.4) is 0 Å². The molecule has 1 heterocycles. The first-order valence-electron chi connectivity index (χ1n) is 7.12. The van der Waals surface area contributed by atoms with Gasteiger partial charge in [-0.05, 0) is 54.9 Å². The van der Waals surface area contributed by atoms with Gasteiger partial charge in [-0.2, -0.15) is 0 Å². The summed E-state index contributed by atoms with van der Waals surface area (Å²) in [5.74, 6) is 0.181. The van der Waals surface area contributed by atoms with Crippen LogP contribution >= 0.6 is 22.6 Å². The van der Waals surface area contributed by atoms with Crippen LogP contribution in [0.5, 0.6) is 5.75 Å². The SMILES string of the molecule is CN(C)CCN1CCN(C(=O)c2ccc(I)c(O)c2)CC1. The van der Waals surface area contributed by atoms with Crippen molar-refractivity contribution >= 4 is 28.5 Å². The average molecular weight is 403 g/mol. The second-order valence-electron chi connectivity index (χ2n) is 5.60. The number of rotatable bonds is 4. The lowest BCUT2D eigenvalue weighted by atomic mass is 10.1. The highest BCUT2D eigenvalue weighted by Crippen LogP contribution is 2.21.